The standard InChI is InChI=1S/C11H23NO5/c13-5-9(6-14)12-4-10(15)7-16-8-11-2-1-3-17-11/h9-15H,1-8H2. The van der Waals surface area contributed by atoms with Crippen molar-refractivity contribution in [3.05, 3.63) is 0 Å². The smallest absolute Gasteiger partial charge is 0.0897 e. The molecule has 0 saturated carbocycles. The maximum atomic E-state index is 9.57. The van der Waals surface area contributed by atoms with Crippen LogP contribution in [0.1, 0.15) is 12.8 Å². The fourth-order valence-corrected chi connectivity index (χ4v) is 1.66. The Hall–Kier alpha value is -0.240. The molecule has 1 heterocycles. The van der Waals surface area contributed by atoms with Gasteiger partial charge >= 0.3 is 0 Å². The first-order chi connectivity index (χ1) is 8.26. The van der Waals surface area contributed by atoms with Crippen molar-refractivity contribution in [1.29, 1.82) is 0 Å². The quantitative estimate of drug-likeness (QED) is 0.397. The summed E-state index contributed by atoms with van der Waals surface area (Å²) in [6, 6.07) is -0.386. The Morgan fingerprint density at radius 1 is 1.35 bits per heavy atom. The van der Waals surface area contributed by atoms with E-state index in [2.05, 4.69) is 5.32 Å². The van der Waals surface area contributed by atoms with E-state index in [1.54, 1.807) is 0 Å². The zero-order valence-electron chi connectivity index (χ0n) is 10.0. The maximum Gasteiger partial charge on any atom is 0.0897 e. The minimum atomic E-state index is -0.642. The third kappa shape index (κ3) is 6.30. The number of ether oxygens (including phenoxy) is 2. The summed E-state index contributed by atoms with van der Waals surface area (Å²) in [4.78, 5) is 0. The van der Waals surface area contributed by atoms with Crippen LogP contribution in [0.5, 0.6) is 0 Å². The molecule has 0 spiro atoms. The fourth-order valence-electron chi connectivity index (χ4n) is 1.66. The summed E-state index contributed by atoms with van der Waals surface area (Å²) in [5.41, 5.74) is 0. The molecule has 0 radical (unpaired) electrons. The van der Waals surface area contributed by atoms with E-state index in [1.165, 1.54) is 0 Å². The molecule has 2 atom stereocenters. The van der Waals surface area contributed by atoms with E-state index >= 15 is 0 Å². The third-order valence-corrected chi connectivity index (χ3v) is 2.72. The van der Waals surface area contributed by atoms with E-state index in [4.69, 9.17) is 19.7 Å². The maximum absolute atomic E-state index is 9.57. The van der Waals surface area contributed by atoms with Gasteiger partial charge in [0.25, 0.3) is 0 Å². The van der Waals surface area contributed by atoms with E-state index in [-0.39, 0.29) is 38.5 Å². The first-order valence-corrected chi connectivity index (χ1v) is 6.08. The second-order valence-electron chi connectivity index (χ2n) is 4.30. The Balaban J connectivity index is 1.98. The van der Waals surface area contributed by atoms with Gasteiger partial charge in [-0.25, -0.2) is 0 Å². The molecular formula is C11H23NO5. The SMILES string of the molecule is OCC(CO)NCC(O)COCC1CCCO1. The summed E-state index contributed by atoms with van der Waals surface area (Å²) in [7, 11) is 0. The van der Waals surface area contributed by atoms with Gasteiger partial charge in [0.05, 0.1) is 44.7 Å². The van der Waals surface area contributed by atoms with E-state index in [1.807, 2.05) is 0 Å². The van der Waals surface area contributed by atoms with Crippen molar-refractivity contribution < 1.29 is 24.8 Å². The first-order valence-electron chi connectivity index (χ1n) is 6.08. The van der Waals surface area contributed by atoms with Crippen LogP contribution in [0.15, 0.2) is 0 Å². The lowest BCUT2D eigenvalue weighted by molar-refractivity contribution is -0.0177. The number of nitrogens with one attached hydrogen (secondary N) is 1. The predicted molar refractivity (Wildman–Crippen MR) is 61.8 cm³/mol. The van der Waals surface area contributed by atoms with Crippen molar-refractivity contribution in [2.45, 2.75) is 31.1 Å². The second kappa shape index (κ2) is 8.79. The number of aliphatic hydroxyl groups is 3. The van der Waals surface area contributed by atoms with Gasteiger partial charge in [0, 0.05) is 13.2 Å². The van der Waals surface area contributed by atoms with Gasteiger partial charge in [0.2, 0.25) is 0 Å². The van der Waals surface area contributed by atoms with Crippen molar-refractivity contribution in [2.75, 3.05) is 39.6 Å². The van der Waals surface area contributed by atoms with Crippen molar-refractivity contribution in [3.8, 4) is 0 Å². The van der Waals surface area contributed by atoms with Gasteiger partial charge in [-0.05, 0) is 12.8 Å². The highest BCUT2D eigenvalue weighted by atomic mass is 16.5. The number of aliphatic hydroxyl groups excluding tert-OH is 3. The molecule has 0 bridgehead atoms. The van der Waals surface area contributed by atoms with Crippen LogP contribution in [0.2, 0.25) is 0 Å². The normalized spacial score (nSPS) is 22.2. The van der Waals surface area contributed by atoms with E-state index < -0.39 is 6.10 Å². The molecule has 0 aromatic carbocycles. The lowest BCUT2D eigenvalue weighted by atomic mass is 10.2. The Morgan fingerprint density at radius 3 is 2.71 bits per heavy atom. The highest BCUT2D eigenvalue weighted by Gasteiger charge is 2.16. The molecule has 1 saturated heterocycles. The van der Waals surface area contributed by atoms with Gasteiger partial charge in [-0.1, -0.05) is 0 Å². The number of hydrogen-bond acceptors (Lipinski definition) is 6. The van der Waals surface area contributed by atoms with Gasteiger partial charge < -0.3 is 30.1 Å². The highest BCUT2D eigenvalue weighted by Crippen LogP contribution is 2.11. The fraction of sp³-hybridized carbons (Fsp3) is 1.00. The molecule has 102 valence electrons. The average molecular weight is 249 g/mol. The minimum absolute atomic E-state index is 0.153. The van der Waals surface area contributed by atoms with Gasteiger partial charge in [-0.2, -0.15) is 0 Å². The summed E-state index contributed by atoms with van der Waals surface area (Å²) in [6.45, 7) is 1.53. The molecule has 1 rings (SSSR count). The molecule has 1 aliphatic heterocycles. The van der Waals surface area contributed by atoms with Crippen molar-refractivity contribution in [3.63, 3.8) is 0 Å². The molecule has 17 heavy (non-hydrogen) atoms. The Labute approximate surface area is 102 Å². The molecule has 4 N–H and O–H groups in total. The largest absolute Gasteiger partial charge is 0.395 e. The zero-order chi connectivity index (χ0) is 12.5. The topological polar surface area (TPSA) is 91.2 Å². The summed E-state index contributed by atoms with van der Waals surface area (Å²) < 4.78 is 10.7. The van der Waals surface area contributed by atoms with Crippen molar-refractivity contribution in [1.82, 2.24) is 5.32 Å². The van der Waals surface area contributed by atoms with Gasteiger partial charge in [-0.3, -0.25) is 0 Å². The highest BCUT2D eigenvalue weighted by molar-refractivity contribution is 4.68. The zero-order valence-corrected chi connectivity index (χ0v) is 10.0. The van der Waals surface area contributed by atoms with Crippen molar-refractivity contribution in [2.24, 2.45) is 0 Å². The monoisotopic (exact) mass is 249 g/mol. The first kappa shape index (κ1) is 14.8. The van der Waals surface area contributed by atoms with Crippen LogP contribution in [0.3, 0.4) is 0 Å². The average Bonchev–Trinajstić information content (AvgIpc) is 2.83. The third-order valence-electron chi connectivity index (χ3n) is 2.72. The van der Waals surface area contributed by atoms with Crippen LogP contribution < -0.4 is 5.32 Å². The van der Waals surface area contributed by atoms with Crippen molar-refractivity contribution >= 4 is 0 Å². The summed E-state index contributed by atoms with van der Waals surface area (Å²) in [5, 5.41) is 30.0. The summed E-state index contributed by atoms with van der Waals surface area (Å²) in [6.07, 6.45) is 1.62. The molecule has 0 aromatic heterocycles. The van der Waals surface area contributed by atoms with Crippen LogP contribution in [0.25, 0.3) is 0 Å². The lowest BCUT2D eigenvalue weighted by Gasteiger charge is -2.17. The van der Waals surface area contributed by atoms with E-state index in [0.29, 0.717) is 6.61 Å². The minimum Gasteiger partial charge on any atom is -0.395 e. The van der Waals surface area contributed by atoms with Gasteiger partial charge in [0.15, 0.2) is 0 Å². The van der Waals surface area contributed by atoms with Crippen LogP contribution in [0, 0.1) is 0 Å². The van der Waals surface area contributed by atoms with Crippen LogP contribution in [-0.2, 0) is 9.47 Å². The van der Waals surface area contributed by atoms with E-state index in [0.717, 1.165) is 19.4 Å². The Kier molecular flexibility index (Phi) is 7.67. The Morgan fingerprint density at radius 2 is 2.12 bits per heavy atom. The number of hydrogen-bond donors (Lipinski definition) is 4. The Bertz CT molecular complexity index is 183. The molecule has 0 aliphatic carbocycles. The molecule has 6 heteroatoms. The molecule has 1 aliphatic rings. The van der Waals surface area contributed by atoms with Crippen LogP contribution in [-0.4, -0.2) is 73.1 Å². The molecule has 6 nitrogen and oxygen atoms in total. The summed E-state index contributed by atoms with van der Waals surface area (Å²) >= 11 is 0. The molecular weight excluding hydrogens is 226 g/mol. The molecule has 1 fully saturated rings. The van der Waals surface area contributed by atoms with Gasteiger partial charge in [0.1, 0.15) is 0 Å². The lowest BCUT2D eigenvalue weighted by Crippen LogP contribution is -2.41. The van der Waals surface area contributed by atoms with Gasteiger partial charge in [-0.15, -0.1) is 0 Å². The summed E-state index contributed by atoms with van der Waals surface area (Å²) in [5.74, 6) is 0. The van der Waals surface area contributed by atoms with Crippen LogP contribution in [0.4, 0.5) is 0 Å². The number of rotatable bonds is 9. The van der Waals surface area contributed by atoms with Crippen LogP contribution >= 0.6 is 0 Å². The molecule has 0 aromatic rings. The predicted octanol–water partition coefficient (Wildman–Crippen LogP) is -1.51. The molecule has 0 amide bonds. The molecule has 2 unspecified atom stereocenters. The van der Waals surface area contributed by atoms with E-state index in [9.17, 15) is 5.11 Å². The second-order valence-corrected chi connectivity index (χ2v) is 4.30.